The van der Waals surface area contributed by atoms with Crippen molar-refractivity contribution in [3.63, 3.8) is 0 Å². The molecule has 0 aliphatic rings. The van der Waals surface area contributed by atoms with E-state index >= 15 is 0 Å². The van der Waals surface area contributed by atoms with Crippen LogP contribution in [0.15, 0.2) is 6.20 Å². The molecular formula is C17H32N4O2. The molecular weight excluding hydrogens is 292 g/mol. The van der Waals surface area contributed by atoms with Crippen molar-refractivity contribution < 1.29 is 9.53 Å². The summed E-state index contributed by atoms with van der Waals surface area (Å²) in [5.41, 5.74) is 1.86. The zero-order chi connectivity index (χ0) is 17.6. The van der Waals surface area contributed by atoms with E-state index in [4.69, 9.17) is 4.74 Å². The molecule has 1 heterocycles. The second-order valence-electron chi connectivity index (χ2n) is 7.47. The van der Waals surface area contributed by atoms with Crippen molar-refractivity contribution >= 4 is 6.09 Å². The van der Waals surface area contributed by atoms with Crippen LogP contribution in [0.4, 0.5) is 4.79 Å². The molecule has 0 saturated heterocycles. The zero-order valence-corrected chi connectivity index (χ0v) is 15.6. The average molecular weight is 324 g/mol. The van der Waals surface area contributed by atoms with Gasteiger partial charge in [0, 0.05) is 37.4 Å². The van der Waals surface area contributed by atoms with E-state index in [1.807, 2.05) is 38.7 Å². The molecule has 1 atom stereocenters. The Hall–Kier alpha value is -1.56. The van der Waals surface area contributed by atoms with E-state index in [0.717, 1.165) is 18.7 Å². The Kier molecular flexibility index (Phi) is 7.06. The highest BCUT2D eigenvalue weighted by atomic mass is 16.6. The van der Waals surface area contributed by atoms with Crippen molar-refractivity contribution in [2.75, 3.05) is 6.54 Å². The van der Waals surface area contributed by atoms with Gasteiger partial charge in [0.1, 0.15) is 5.60 Å². The molecule has 1 amide bonds. The van der Waals surface area contributed by atoms with E-state index < -0.39 is 5.60 Å². The summed E-state index contributed by atoms with van der Waals surface area (Å²) in [6.45, 7) is 13.3. The Morgan fingerprint density at radius 2 is 2.04 bits per heavy atom. The minimum atomic E-state index is -0.474. The number of nitrogens with one attached hydrogen (secondary N) is 2. The van der Waals surface area contributed by atoms with Crippen molar-refractivity contribution in [2.24, 2.45) is 13.0 Å². The Labute approximate surface area is 140 Å². The molecule has 1 aromatic rings. The van der Waals surface area contributed by atoms with Gasteiger partial charge < -0.3 is 15.4 Å². The van der Waals surface area contributed by atoms with Gasteiger partial charge in [0.15, 0.2) is 0 Å². The lowest BCUT2D eigenvalue weighted by Crippen LogP contribution is -2.43. The molecule has 132 valence electrons. The molecule has 0 aliphatic carbocycles. The first kappa shape index (κ1) is 19.5. The third-order valence-corrected chi connectivity index (χ3v) is 3.57. The number of ether oxygens (including phenoxy) is 1. The number of rotatable bonds is 7. The Balaban J connectivity index is 2.52. The standard InChI is InChI=1S/C17H32N4O2/c1-12(2)8-15(11-19-16(22)23-17(4,5)6)18-9-14-10-20-21(7)13(14)3/h10,12,15,18H,8-9,11H2,1-7H3,(H,19,22). The van der Waals surface area contributed by atoms with E-state index in [2.05, 4.69) is 36.5 Å². The van der Waals surface area contributed by atoms with Crippen LogP contribution in [0, 0.1) is 12.8 Å². The minimum Gasteiger partial charge on any atom is -0.444 e. The molecule has 1 aromatic heterocycles. The zero-order valence-electron chi connectivity index (χ0n) is 15.6. The summed E-state index contributed by atoms with van der Waals surface area (Å²) < 4.78 is 7.16. The van der Waals surface area contributed by atoms with Crippen molar-refractivity contribution in [3.05, 3.63) is 17.5 Å². The van der Waals surface area contributed by atoms with Crippen LogP contribution in [0.2, 0.25) is 0 Å². The largest absolute Gasteiger partial charge is 0.444 e. The van der Waals surface area contributed by atoms with Gasteiger partial charge in [0.05, 0.1) is 6.20 Å². The fourth-order valence-electron chi connectivity index (χ4n) is 2.30. The van der Waals surface area contributed by atoms with Crippen LogP contribution >= 0.6 is 0 Å². The molecule has 0 radical (unpaired) electrons. The van der Waals surface area contributed by atoms with Crippen molar-refractivity contribution in [1.29, 1.82) is 0 Å². The molecule has 6 heteroatoms. The summed E-state index contributed by atoms with van der Waals surface area (Å²) in [6, 6.07) is 0.196. The van der Waals surface area contributed by atoms with Crippen LogP contribution in [-0.2, 0) is 18.3 Å². The number of aromatic nitrogens is 2. The van der Waals surface area contributed by atoms with E-state index in [-0.39, 0.29) is 12.1 Å². The van der Waals surface area contributed by atoms with Crippen molar-refractivity contribution in [3.8, 4) is 0 Å². The maximum atomic E-state index is 11.8. The Morgan fingerprint density at radius 3 is 2.52 bits per heavy atom. The normalized spacial score (nSPS) is 13.2. The highest BCUT2D eigenvalue weighted by Gasteiger charge is 2.18. The van der Waals surface area contributed by atoms with Gasteiger partial charge >= 0.3 is 6.09 Å². The fourth-order valence-corrected chi connectivity index (χ4v) is 2.30. The van der Waals surface area contributed by atoms with Crippen LogP contribution in [0.1, 0.15) is 52.3 Å². The number of carbonyl (C=O) groups is 1. The minimum absolute atomic E-state index is 0.196. The van der Waals surface area contributed by atoms with Crippen LogP contribution in [0.5, 0.6) is 0 Å². The van der Waals surface area contributed by atoms with Gasteiger partial charge in [0.2, 0.25) is 0 Å². The quantitative estimate of drug-likeness (QED) is 0.809. The van der Waals surface area contributed by atoms with Crippen LogP contribution in [-0.4, -0.2) is 34.1 Å². The van der Waals surface area contributed by atoms with Gasteiger partial charge in [-0.05, 0) is 40.0 Å². The number of amides is 1. The van der Waals surface area contributed by atoms with Crippen LogP contribution < -0.4 is 10.6 Å². The summed E-state index contributed by atoms with van der Waals surface area (Å²) in [7, 11) is 1.94. The fraction of sp³-hybridized carbons (Fsp3) is 0.765. The summed E-state index contributed by atoms with van der Waals surface area (Å²) in [5, 5.41) is 10.6. The number of carbonyl (C=O) groups excluding carboxylic acids is 1. The van der Waals surface area contributed by atoms with Gasteiger partial charge in [-0.2, -0.15) is 5.10 Å². The monoisotopic (exact) mass is 324 g/mol. The van der Waals surface area contributed by atoms with E-state index in [1.54, 1.807) is 0 Å². The molecule has 1 unspecified atom stereocenters. The predicted octanol–water partition coefficient (Wildman–Crippen LogP) is 2.76. The molecule has 0 spiro atoms. The highest BCUT2D eigenvalue weighted by molar-refractivity contribution is 5.67. The summed E-state index contributed by atoms with van der Waals surface area (Å²) in [6.07, 6.45) is 2.50. The smallest absolute Gasteiger partial charge is 0.407 e. The Bertz CT molecular complexity index is 503. The van der Waals surface area contributed by atoms with Gasteiger partial charge in [-0.25, -0.2) is 4.79 Å². The molecule has 2 N–H and O–H groups in total. The van der Waals surface area contributed by atoms with Gasteiger partial charge in [-0.3, -0.25) is 4.68 Å². The van der Waals surface area contributed by atoms with Crippen molar-refractivity contribution in [2.45, 2.75) is 66.2 Å². The second kappa shape index (κ2) is 8.34. The number of nitrogens with zero attached hydrogens (tertiary/aromatic N) is 2. The Morgan fingerprint density at radius 1 is 1.39 bits per heavy atom. The van der Waals surface area contributed by atoms with Crippen molar-refractivity contribution in [1.82, 2.24) is 20.4 Å². The number of hydrogen-bond donors (Lipinski definition) is 2. The third kappa shape index (κ3) is 7.50. The lowest BCUT2D eigenvalue weighted by atomic mass is 10.0. The first-order valence-corrected chi connectivity index (χ1v) is 8.26. The first-order valence-electron chi connectivity index (χ1n) is 8.26. The van der Waals surface area contributed by atoms with Gasteiger partial charge in [-0.1, -0.05) is 13.8 Å². The lowest BCUT2D eigenvalue weighted by Gasteiger charge is -2.23. The molecule has 0 fully saturated rings. The molecule has 23 heavy (non-hydrogen) atoms. The van der Waals surface area contributed by atoms with Gasteiger partial charge in [-0.15, -0.1) is 0 Å². The lowest BCUT2D eigenvalue weighted by molar-refractivity contribution is 0.0520. The molecule has 0 aliphatic heterocycles. The predicted molar refractivity (Wildman–Crippen MR) is 92.3 cm³/mol. The highest BCUT2D eigenvalue weighted by Crippen LogP contribution is 2.10. The molecule has 1 rings (SSSR count). The number of hydrogen-bond acceptors (Lipinski definition) is 4. The van der Waals surface area contributed by atoms with E-state index in [0.29, 0.717) is 12.5 Å². The SMILES string of the molecule is Cc1c(CNC(CNC(=O)OC(C)(C)C)CC(C)C)cnn1C. The maximum Gasteiger partial charge on any atom is 0.407 e. The molecule has 0 bridgehead atoms. The second-order valence-corrected chi connectivity index (χ2v) is 7.47. The molecule has 6 nitrogen and oxygen atoms in total. The summed E-state index contributed by atoms with van der Waals surface area (Å²) >= 11 is 0. The molecule has 0 saturated carbocycles. The third-order valence-electron chi connectivity index (χ3n) is 3.57. The van der Waals surface area contributed by atoms with Gasteiger partial charge in [0.25, 0.3) is 0 Å². The summed E-state index contributed by atoms with van der Waals surface area (Å²) in [4.78, 5) is 11.8. The number of alkyl carbamates (subject to hydrolysis) is 1. The van der Waals surface area contributed by atoms with Crippen LogP contribution in [0.3, 0.4) is 0 Å². The topological polar surface area (TPSA) is 68.2 Å². The number of aryl methyl sites for hydroxylation is 1. The van der Waals surface area contributed by atoms with Crippen LogP contribution in [0.25, 0.3) is 0 Å². The first-order chi connectivity index (χ1) is 10.6. The molecule has 0 aromatic carbocycles. The summed E-state index contributed by atoms with van der Waals surface area (Å²) in [5.74, 6) is 0.544. The van der Waals surface area contributed by atoms with E-state index in [9.17, 15) is 4.79 Å². The average Bonchev–Trinajstić information content (AvgIpc) is 2.71. The maximum absolute atomic E-state index is 11.8. The van der Waals surface area contributed by atoms with E-state index in [1.165, 1.54) is 5.56 Å².